The van der Waals surface area contributed by atoms with Gasteiger partial charge in [0.25, 0.3) is 0 Å². The summed E-state index contributed by atoms with van der Waals surface area (Å²) in [6.07, 6.45) is 1.53. The second-order valence-corrected chi connectivity index (χ2v) is 8.61. The third-order valence-corrected chi connectivity index (χ3v) is 6.16. The van der Waals surface area contributed by atoms with Gasteiger partial charge in [-0.15, -0.1) is 0 Å². The van der Waals surface area contributed by atoms with Gasteiger partial charge in [-0.2, -0.15) is 0 Å². The molecule has 2 heterocycles. The Kier molecular flexibility index (Phi) is 8.05. The van der Waals surface area contributed by atoms with Gasteiger partial charge in [-0.3, -0.25) is 9.69 Å². The van der Waals surface area contributed by atoms with E-state index in [4.69, 9.17) is 23.4 Å². The molecule has 0 unspecified atom stereocenters. The first kappa shape index (κ1) is 24.8. The molecule has 0 radical (unpaired) electrons. The summed E-state index contributed by atoms with van der Waals surface area (Å²) in [4.78, 5) is 26.5. The number of rotatable bonds is 10. The van der Waals surface area contributed by atoms with Gasteiger partial charge in [-0.05, 0) is 54.7 Å². The molecule has 0 spiro atoms. The first-order chi connectivity index (χ1) is 17.0. The van der Waals surface area contributed by atoms with E-state index in [1.165, 1.54) is 11.6 Å². The molecule has 0 fully saturated rings. The highest BCUT2D eigenvalue weighted by atomic mass is 16.6. The molecule has 3 aromatic rings. The number of hydrogen-bond acceptors (Lipinski definition) is 8. The zero-order chi connectivity index (χ0) is 24.8. The molecule has 0 atom stereocenters. The average Bonchev–Trinajstić information content (AvgIpc) is 2.86. The van der Waals surface area contributed by atoms with Crippen LogP contribution in [0.5, 0.6) is 11.5 Å². The number of carbonyl (C=O) groups excluding carboxylic acids is 1. The maximum Gasteiger partial charge on any atom is 0.336 e. The molecule has 186 valence electrons. The van der Waals surface area contributed by atoms with Gasteiger partial charge >= 0.3 is 11.6 Å². The highest BCUT2D eigenvalue weighted by molar-refractivity contribution is 5.86. The zero-order valence-electron chi connectivity index (χ0n) is 20.4. The van der Waals surface area contributed by atoms with Crippen LogP contribution in [0, 0.1) is 6.92 Å². The molecular weight excluding hydrogens is 450 g/mol. The van der Waals surface area contributed by atoms with E-state index >= 15 is 0 Å². The molecular formula is C27H31NO7. The lowest BCUT2D eigenvalue weighted by Gasteiger charge is -2.31. The molecule has 0 bridgehead atoms. The maximum absolute atomic E-state index is 12.2. The van der Waals surface area contributed by atoms with Crippen LogP contribution in [-0.4, -0.2) is 51.6 Å². The summed E-state index contributed by atoms with van der Waals surface area (Å²) < 4.78 is 27.2. The molecule has 0 N–H and O–H groups in total. The number of ether oxygens (including phenoxy) is 4. The normalized spacial score (nSPS) is 13.3. The Labute approximate surface area is 204 Å². The van der Waals surface area contributed by atoms with Gasteiger partial charge in [0.1, 0.15) is 30.4 Å². The van der Waals surface area contributed by atoms with Gasteiger partial charge < -0.3 is 23.4 Å². The molecule has 0 amide bonds. The molecule has 4 rings (SSSR count). The number of benzene rings is 2. The molecule has 2 aromatic carbocycles. The fourth-order valence-corrected chi connectivity index (χ4v) is 4.26. The number of carbonyl (C=O) groups is 1. The van der Waals surface area contributed by atoms with E-state index in [1.807, 2.05) is 25.1 Å². The monoisotopic (exact) mass is 481 g/mol. The minimum Gasteiger partial charge on any atom is -0.497 e. The Hall–Kier alpha value is -3.36. The number of aryl methyl sites for hydroxylation is 2. The molecule has 8 nitrogen and oxygen atoms in total. The molecule has 0 aliphatic carbocycles. The Balaban J connectivity index is 1.55. The van der Waals surface area contributed by atoms with Crippen LogP contribution in [0.3, 0.4) is 0 Å². The van der Waals surface area contributed by atoms with Crippen molar-refractivity contribution in [3.63, 3.8) is 0 Å². The van der Waals surface area contributed by atoms with Crippen molar-refractivity contribution in [2.75, 3.05) is 40.7 Å². The minimum atomic E-state index is -0.387. The van der Waals surface area contributed by atoms with Gasteiger partial charge in [0, 0.05) is 38.1 Å². The second kappa shape index (κ2) is 11.4. The number of fused-ring (bicyclic) bond motifs is 3. The van der Waals surface area contributed by atoms with Crippen LogP contribution in [0.15, 0.2) is 45.6 Å². The Morgan fingerprint density at radius 3 is 2.63 bits per heavy atom. The summed E-state index contributed by atoms with van der Waals surface area (Å²) in [6.45, 7) is 4.26. The molecule has 1 aliphatic heterocycles. The summed E-state index contributed by atoms with van der Waals surface area (Å²) in [7, 11) is 3.22. The van der Waals surface area contributed by atoms with Crippen LogP contribution in [0.4, 0.5) is 0 Å². The van der Waals surface area contributed by atoms with Crippen LogP contribution >= 0.6 is 0 Å². The second-order valence-electron chi connectivity index (χ2n) is 8.61. The summed E-state index contributed by atoms with van der Waals surface area (Å²) in [6, 6.07) is 11.5. The van der Waals surface area contributed by atoms with E-state index < -0.39 is 0 Å². The molecule has 8 heteroatoms. The number of nitrogens with zero attached hydrogens (tertiary/aromatic N) is 1. The van der Waals surface area contributed by atoms with E-state index in [9.17, 15) is 9.59 Å². The molecule has 1 aromatic heterocycles. The van der Waals surface area contributed by atoms with Gasteiger partial charge in [0.05, 0.1) is 19.3 Å². The van der Waals surface area contributed by atoms with Gasteiger partial charge in [0.15, 0.2) is 0 Å². The van der Waals surface area contributed by atoms with Crippen molar-refractivity contribution < 1.29 is 28.2 Å². The summed E-state index contributed by atoms with van der Waals surface area (Å²) in [5, 5.41) is 0.853. The van der Waals surface area contributed by atoms with Crippen LogP contribution in [0.2, 0.25) is 0 Å². The predicted molar refractivity (Wildman–Crippen MR) is 131 cm³/mol. The van der Waals surface area contributed by atoms with E-state index in [2.05, 4.69) is 17.0 Å². The number of esters is 1. The van der Waals surface area contributed by atoms with E-state index in [-0.39, 0.29) is 24.6 Å². The molecule has 0 saturated carbocycles. The third kappa shape index (κ3) is 6.01. The topological polar surface area (TPSA) is 87.4 Å². The van der Waals surface area contributed by atoms with Crippen molar-refractivity contribution in [1.29, 1.82) is 0 Å². The van der Waals surface area contributed by atoms with Gasteiger partial charge in [0.2, 0.25) is 0 Å². The average molecular weight is 482 g/mol. The quantitative estimate of drug-likeness (QED) is 0.247. The van der Waals surface area contributed by atoms with Gasteiger partial charge in [-0.1, -0.05) is 12.1 Å². The van der Waals surface area contributed by atoms with Crippen molar-refractivity contribution in [3.8, 4) is 11.5 Å². The SMILES string of the molecule is COCCOC(=O)CCc1cc2c(C)cc(=O)oc2c2c1OCN(CCc1ccc(OC)cc1)C2. The summed E-state index contributed by atoms with van der Waals surface area (Å²) in [5.74, 6) is 1.23. The van der Waals surface area contributed by atoms with Crippen molar-refractivity contribution in [2.24, 2.45) is 0 Å². The first-order valence-corrected chi connectivity index (χ1v) is 11.7. The first-order valence-electron chi connectivity index (χ1n) is 11.7. The lowest BCUT2D eigenvalue weighted by molar-refractivity contribution is -0.144. The van der Waals surface area contributed by atoms with Crippen molar-refractivity contribution >= 4 is 16.9 Å². The summed E-state index contributed by atoms with van der Waals surface area (Å²) >= 11 is 0. The highest BCUT2D eigenvalue weighted by Gasteiger charge is 2.25. The molecule has 35 heavy (non-hydrogen) atoms. The van der Waals surface area contributed by atoms with Crippen LogP contribution in [0.25, 0.3) is 11.0 Å². The molecule has 1 aliphatic rings. The van der Waals surface area contributed by atoms with Crippen molar-refractivity contribution in [3.05, 3.63) is 69.1 Å². The molecule has 0 saturated heterocycles. The lowest BCUT2D eigenvalue weighted by atomic mass is 9.97. The lowest BCUT2D eigenvalue weighted by Crippen LogP contribution is -2.34. The van der Waals surface area contributed by atoms with E-state index in [1.54, 1.807) is 14.2 Å². The van der Waals surface area contributed by atoms with E-state index in [0.717, 1.165) is 40.8 Å². The standard InChI is InChI=1S/C27H31NO7/c1-18-14-25(30)35-27-22(18)15-20(6-9-24(29)33-13-12-31-2)26-23(27)16-28(17-34-26)11-10-19-4-7-21(32-3)8-5-19/h4-5,7-8,14-15H,6,9-13,16-17H2,1-3H3. The van der Waals surface area contributed by atoms with Crippen LogP contribution < -0.4 is 15.1 Å². The smallest absolute Gasteiger partial charge is 0.336 e. The Bertz CT molecular complexity index is 1230. The largest absolute Gasteiger partial charge is 0.497 e. The number of hydrogen-bond donors (Lipinski definition) is 0. The predicted octanol–water partition coefficient (Wildman–Crippen LogP) is 3.63. The van der Waals surface area contributed by atoms with Crippen molar-refractivity contribution in [2.45, 2.75) is 32.7 Å². The Morgan fingerprint density at radius 2 is 1.89 bits per heavy atom. The summed E-state index contributed by atoms with van der Waals surface area (Å²) in [5.41, 5.74) is 3.94. The van der Waals surface area contributed by atoms with E-state index in [0.29, 0.717) is 37.6 Å². The van der Waals surface area contributed by atoms with Crippen LogP contribution in [0.1, 0.15) is 28.7 Å². The van der Waals surface area contributed by atoms with Crippen molar-refractivity contribution in [1.82, 2.24) is 4.90 Å². The maximum atomic E-state index is 12.2. The third-order valence-electron chi connectivity index (χ3n) is 6.16. The zero-order valence-corrected chi connectivity index (χ0v) is 20.4. The minimum absolute atomic E-state index is 0.224. The fourth-order valence-electron chi connectivity index (χ4n) is 4.26. The fraction of sp³-hybridized carbons (Fsp3) is 0.407. The van der Waals surface area contributed by atoms with Crippen LogP contribution in [-0.2, 0) is 33.7 Å². The number of methoxy groups -OCH3 is 2. The van der Waals surface area contributed by atoms with Gasteiger partial charge in [-0.25, -0.2) is 4.79 Å². The highest BCUT2D eigenvalue weighted by Crippen LogP contribution is 2.37. The Morgan fingerprint density at radius 1 is 1.09 bits per heavy atom.